The first-order chi connectivity index (χ1) is 14.3. The molecule has 10 heteroatoms. The highest BCUT2D eigenvalue weighted by molar-refractivity contribution is 6.06. The van der Waals surface area contributed by atoms with Crippen LogP contribution in [0.2, 0.25) is 0 Å². The number of aromatic nitrogens is 2. The van der Waals surface area contributed by atoms with Crippen LogP contribution in [0.3, 0.4) is 0 Å². The number of rotatable bonds is 3. The minimum Gasteiger partial charge on any atom is -0.306 e. The lowest BCUT2D eigenvalue weighted by Gasteiger charge is -2.18. The Bertz CT molecular complexity index is 1270. The van der Waals surface area contributed by atoms with Crippen LogP contribution in [0.4, 0.5) is 20.2 Å². The van der Waals surface area contributed by atoms with E-state index in [-0.39, 0.29) is 41.3 Å². The van der Waals surface area contributed by atoms with Crippen molar-refractivity contribution in [1.82, 2.24) is 9.78 Å². The second-order valence-electron chi connectivity index (χ2n) is 6.75. The van der Waals surface area contributed by atoms with Crippen molar-refractivity contribution in [3.05, 3.63) is 91.4 Å². The van der Waals surface area contributed by atoms with Crippen molar-refractivity contribution in [3.8, 4) is 5.69 Å². The predicted molar refractivity (Wildman–Crippen MR) is 103 cm³/mol. The van der Waals surface area contributed by atoms with E-state index in [1.54, 1.807) is 6.07 Å². The van der Waals surface area contributed by atoms with Gasteiger partial charge in [0.25, 0.3) is 11.6 Å². The number of nitro benzene ring substituents is 1. The molecule has 0 saturated heterocycles. The molecule has 30 heavy (non-hydrogen) atoms. The second kappa shape index (κ2) is 7.14. The van der Waals surface area contributed by atoms with Gasteiger partial charge in [-0.3, -0.25) is 19.7 Å². The number of para-hydroxylation sites is 2. The van der Waals surface area contributed by atoms with Gasteiger partial charge < -0.3 is 4.90 Å². The Labute approximate surface area is 168 Å². The molecule has 2 aromatic carbocycles. The van der Waals surface area contributed by atoms with Crippen molar-refractivity contribution < 1.29 is 18.5 Å². The number of hydrogen-bond donors (Lipinski definition) is 0. The second-order valence-corrected chi connectivity index (χ2v) is 6.75. The van der Waals surface area contributed by atoms with Crippen molar-refractivity contribution in [1.29, 1.82) is 0 Å². The van der Waals surface area contributed by atoms with Crippen LogP contribution in [0.5, 0.6) is 0 Å². The van der Waals surface area contributed by atoms with Crippen molar-refractivity contribution >= 4 is 17.3 Å². The molecule has 1 aliphatic rings. The molecule has 0 radical (unpaired) electrons. The molecule has 1 aliphatic heterocycles. The summed E-state index contributed by atoms with van der Waals surface area (Å²) in [6.45, 7) is 1.57. The van der Waals surface area contributed by atoms with E-state index in [9.17, 15) is 28.5 Å². The van der Waals surface area contributed by atoms with Gasteiger partial charge in [0.05, 0.1) is 10.6 Å². The van der Waals surface area contributed by atoms with Gasteiger partial charge in [0.1, 0.15) is 17.3 Å². The molecule has 0 aliphatic carbocycles. The Balaban J connectivity index is 1.83. The van der Waals surface area contributed by atoms with Gasteiger partial charge in [-0.25, -0.2) is 13.5 Å². The SMILES string of the molecule is Cc1cc(=O)c(C(=O)N2CCc3c(F)cc(F)cc32)nn1-c1ccccc1[N+](=O)[O-]. The Kier molecular flexibility index (Phi) is 4.61. The standard InChI is InChI=1S/C20H14F2N4O4/c1-11-8-18(27)19(23-25(11)15-4-2-3-5-16(15)26(29)30)20(28)24-7-6-13-14(22)9-12(21)10-17(13)24/h2-5,8-10H,6-7H2,1H3. The number of nitro groups is 1. The monoisotopic (exact) mass is 412 g/mol. The van der Waals surface area contributed by atoms with E-state index in [0.717, 1.165) is 27.8 Å². The normalized spacial score (nSPS) is 12.7. The Morgan fingerprint density at radius 3 is 2.63 bits per heavy atom. The lowest BCUT2D eigenvalue weighted by Crippen LogP contribution is -2.35. The highest BCUT2D eigenvalue weighted by Crippen LogP contribution is 2.32. The summed E-state index contributed by atoms with van der Waals surface area (Å²) in [5.74, 6) is -2.45. The number of aryl methyl sites for hydroxylation is 1. The van der Waals surface area contributed by atoms with E-state index in [1.165, 1.54) is 25.1 Å². The summed E-state index contributed by atoms with van der Waals surface area (Å²) in [5, 5.41) is 15.4. The number of fused-ring (bicyclic) bond motifs is 1. The number of carbonyl (C=O) groups is 1. The van der Waals surface area contributed by atoms with Crippen LogP contribution in [0.15, 0.2) is 47.3 Å². The van der Waals surface area contributed by atoms with Gasteiger partial charge >= 0.3 is 0 Å². The van der Waals surface area contributed by atoms with Crippen LogP contribution < -0.4 is 10.3 Å². The lowest BCUT2D eigenvalue weighted by molar-refractivity contribution is -0.384. The molecule has 0 atom stereocenters. The molecule has 3 aromatic rings. The summed E-state index contributed by atoms with van der Waals surface area (Å²) in [6.07, 6.45) is 0.164. The number of anilines is 1. The topological polar surface area (TPSA) is 98.3 Å². The first-order valence-corrected chi connectivity index (χ1v) is 8.92. The number of nitrogens with zero attached hydrogens (tertiary/aromatic N) is 4. The van der Waals surface area contributed by atoms with Gasteiger partial charge in [-0.15, -0.1) is 0 Å². The van der Waals surface area contributed by atoms with Crippen molar-refractivity contribution in [3.63, 3.8) is 0 Å². The Hall–Kier alpha value is -3.95. The van der Waals surface area contributed by atoms with E-state index in [2.05, 4.69) is 5.10 Å². The molecule has 1 aromatic heterocycles. The molecular weight excluding hydrogens is 398 g/mol. The van der Waals surface area contributed by atoms with Crippen LogP contribution in [0, 0.1) is 28.7 Å². The van der Waals surface area contributed by atoms with Gasteiger partial charge in [-0.1, -0.05) is 12.1 Å². The van der Waals surface area contributed by atoms with E-state index in [0.29, 0.717) is 0 Å². The first kappa shape index (κ1) is 19.4. The van der Waals surface area contributed by atoms with Crippen LogP contribution in [-0.4, -0.2) is 27.2 Å². The molecule has 1 amide bonds. The van der Waals surface area contributed by atoms with E-state index < -0.39 is 33.6 Å². The van der Waals surface area contributed by atoms with Crippen molar-refractivity contribution in [2.45, 2.75) is 13.3 Å². The maximum atomic E-state index is 14.0. The fourth-order valence-electron chi connectivity index (χ4n) is 3.50. The van der Waals surface area contributed by atoms with Crippen molar-refractivity contribution in [2.75, 3.05) is 11.4 Å². The molecule has 0 N–H and O–H groups in total. The summed E-state index contributed by atoms with van der Waals surface area (Å²) >= 11 is 0. The summed E-state index contributed by atoms with van der Waals surface area (Å²) in [5.41, 5.74) is -0.884. The molecular formula is C20H14F2N4O4. The lowest BCUT2D eigenvalue weighted by atomic mass is 10.1. The van der Waals surface area contributed by atoms with Crippen LogP contribution in [0.25, 0.3) is 5.69 Å². The fourth-order valence-corrected chi connectivity index (χ4v) is 3.50. The third kappa shape index (κ3) is 3.11. The number of benzene rings is 2. The molecule has 0 bridgehead atoms. The highest BCUT2D eigenvalue weighted by Gasteiger charge is 2.31. The average molecular weight is 412 g/mol. The van der Waals surface area contributed by atoms with Gasteiger partial charge in [0.15, 0.2) is 5.69 Å². The molecule has 0 unspecified atom stereocenters. The summed E-state index contributed by atoms with van der Waals surface area (Å²) < 4.78 is 28.8. The highest BCUT2D eigenvalue weighted by atomic mass is 19.1. The van der Waals surface area contributed by atoms with E-state index >= 15 is 0 Å². The largest absolute Gasteiger partial charge is 0.306 e. The predicted octanol–water partition coefficient (Wildman–Crippen LogP) is 2.93. The van der Waals surface area contributed by atoms with Gasteiger partial charge in [0, 0.05) is 36.0 Å². The van der Waals surface area contributed by atoms with Crippen LogP contribution in [-0.2, 0) is 6.42 Å². The van der Waals surface area contributed by atoms with Crippen LogP contribution >= 0.6 is 0 Å². The smallest absolute Gasteiger partial charge is 0.294 e. The molecule has 2 heterocycles. The van der Waals surface area contributed by atoms with E-state index in [1.807, 2.05) is 0 Å². The molecule has 0 fully saturated rings. The average Bonchev–Trinajstić information content (AvgIpc) is 3.11. The third-order valence-corrected chi connectivity index (χ3v) is 4.87. The molecule has 0 spiro atoms. The minimum absolute atomic E-state index is 0.0384. The number of halogens is 2. The third-order valence-electron chi connectivity index (χ3n) is 4.87. The zero-order valence-corrected chi connectivity index (χ0v) is 15.6. The van der Waals surface area contributed by atoms with Gasteiger partial charge in [0.2, 0.25) is 5.43 Å². The summed E-state index contributed by atoms with van der Waals surface area (Å²) in [6, 6.07) is 8.66. The number of carbonyl (C=O) groups excluding carboxylic acids is 1. The van der Waals surface area contributed by atoms with Gasteiger partial charge in [-0.05, 0) is 25.5 Å². The number of hydrogen-bond acceptors (Lipinski definition) is 5. The van der Waals surface area contributed by atoms with Gasteiger partial charge in [-0.2, -0.15) is 5.10 Å². The maximum absolute atomic E-state index is 14.0. The fraction of sp³-hybridized carbons (Fsp3) is 0.150. The molecule has 0 saturated carbocycles. The molecule has 4 rings (SSSR count). The van der Waals surface area contributed by atoms with E-state index in [4.69, 9.17) is 0 Å². The zero-order valence-electron chi connectivity index (χ0n) is 15.6. The minimum atomic E-state index is -0.847. The first-order valence-electron chi connectivity index (χ1n) is 8.92. The quantitative estimate of drug-likeness (QED) is 0.487. The van der Waals surface area contributed by atoms with Crippen molar-refractivity contribution in [2.24, 2.45) is 0 Å². The Morgan fingerprint density at radius 1 is 1.17 bits per heavy atom. The maximum Gasteiger partial charge on any atom is 0.294 e. The number of amides is 1. The Morgan fingerprint density at radius 2 is 1.90 bits per heavy atom. The molecule has 152 valence electrons. The van der Waals surface area contributed by atoms with Crippen LogP contribution in [0.1, 0.15) is 21.7 Å². The zero-order chi connectivity index (χ0) is 21.6. The summed E-state index contributed by atoms with van der Waals surface area (Å²) in [4.78, 5) is 37.4. The molecule has 8 nitrogen and oxygen atoms in total. The summed E-state index contributed by atoms with van der Waals surface area (Å²) in [7, 11) is 0.